The number of likely N-dealkylation sites (tertiary alicyclic amines) is 2. The van der Waals surface area contributed by atoms with Crippen molar-refractivity contribution in [2.75, 3.05) is 77.0 Å². The third kappa shape index (κ3) is 8.21. The molecule has 0 radical (unpaired) electrons. The highest BCUT2D eigenvalue weighted by Gasteiger charge is 2.37. The number of hydrogen-bond donors (Lipinski definition) is 3. The Morgan fingerprint density at radius 3 is 2.31 bits per heavy atom. The first-order chi connectivity index (χ1) is 23.4. The average molecular weight is 725 g/mol. The number of halogens is 4. The van der Waals surface area contributed by atoms with Crippen LogP contribution in [0, 0.1) is 0 Å². The molecule has 0 unspecified atom stereocenters. The number of rotatable bonds is 6. The Bertz CT molecular complexity index is 1520. The number of nitrogens with two attached hydrogens (primary N) is 1. The molecule has 1 aromatic carbocycles. The smallest absolute Gasteiger partial charge is 0.397 e. The molecule has 2 aromatic rings. The van der Waals surface area contributed by atoms with Gasteiger partial charge in [0.1, 0.15) is 6.04 Å². The largest absolute Gasteiger partial charge is 0.418 e. The molecule has 3 fully saturated rings. The van der Waals surface area contributed by atoms with E-state index < -0.39 is 29.5 Å². The normalized spacial score (nSPS) is 21.2. The molecule has 4 N–H and O–H groups in total. The Hall–Kier alpha value is -3.27. The van der Waals surface area contributed by atoms with E-state index in [0.717, 1.165) is 62.8 Å². The number of carbonyl (C=O) groups is 3. The van der Waals surface area contributed by atoms with Gasteiger partial charge in [-0.1, -0.05) is 11.6 Å². The topological polar surface area (TPSA) is 117 Å². The zero-order chi connectivity index (χ0) is 34.9. The first kappa shape index (κ1) is 35.6. The summed E-state index contributed by atoms with van der Waals surface area (Å²) in [4.78, 5) is 50.6. The van der Waals surface area contributed by atoms with Gasteiger partial charge in [-0.2, -0.15) is 13.2 Å². The lowest BCUT2D eigenvalue weighted by Crippen LogP contribution is -2.58. The number of benzene rings is 1. The van der Waals surface area contributed by atoms with Crippen molar-refractivity contribution in [2.24, 2.45) is 0 Å². The molecule has 5 amide bonds. The van der Waals surface area contributed by atoms with Gasteiger partial charge in [-0.25, -0.2) is 9.59 Å². The van der Waals surface area contributed by atoms with Crippen LogP contribution in [0.2, 0.25) is 5.02 Å². The number of amides is 5. The molecule has 49 heavy (non-hydrogen) atoms. The highest BCUT2D eigenvalue weighted by atomic mass is 35.5. The maximum atomic E-state index is 14.0. The number of nitrogens with zero attached hydrogens (tertiary/aromatic N) is 5. The van der Waals surface area contributed by atoms with Crippen LogP contribution in [0.15, 0.2) is 22.9 Å². The van der Waals surface area contributed by atoms with E-state index in [0.29, 0.717) is 51.6 Å². The van der Waals surface area contributed by atoms with E-state index in [2.05, 4.69) is 27.5 Å². The van der Waals surface area contributed by atoms with E-state index in [1.807, 2.05) is 15.7 Å². The van der Waals surface area contributed by atoms with E-state index in [9.17, 15) is 27.6 Å². The Labute approximate surface area is 293 Å². The lowest BCUT2D eigenvalue weighted by molar-refractivity contribution is -0.137. The van der Waals surface area contributed by atoms with Crippen LogP contribution in [0.25, 0.3) is 0 Å². The summed E-state index contributed by atoms with van der Waals surface area (Å²) in [7, 11) is 2.11. The van der Waals surface area contributed by atoms with Crippen LogP contribution in [0.4, 0.5) is 34.1 Å². The summed E-state index contributed by atoms with van der Waals surface area (Å²) < 4.78 is 41.4. The van der Waals surface area contributed by atoms with Gasteiger partial charge >= 0.3 is 18.2 Å². The van der Waals surface area contributed by atoms with Crippen molar-refractivity contribution in [3.05, 3.63) is 44.6 Å². The molecule has 0 bridgehead atoms. The first-order valence-corrected chi connectivity index (χ1v) is 18.2. The highest BCUT2D eigenvalue weighted by Crippen LogP contribution is 2.38. The quantitative estimate of drug-likeness (QED) is 0.380. The van der Waals surface area contributed by atoms with Gasteiger partial charge in [0, 0.05) is 82.8 Å². The molecule has 0 aliphatic carbocycles. The fourth-order valence-electron chi connectivity index (χ4n) is 7.45. The lowest BCUT2D eigenvalue weighted by Gasteiger charge is -2.42. The fourth-order valence-corrected chi connectivity index (χ4v) is 8.51. The molecule has 0 spiro atoms. The fraction of sp³-hybridized carbons (Fsp3) is 0.606. The van der Waals surface area contributed by atoms with Gasteiger partial charge in [0.2, 0.25) is 5.91 Å². The number of urea groups is 2. The number of nitrogens with one attached hydrogen (secondary N) is 2. The van der Waals surface area contributed by atoms with Crippen molar-refractivity contribution in [3.8, 4) is 0 Å². The van der Waals surface area contributed by atoms with E-state index in [4.69, 9.17) is 17.3 Å². The van der Waals surface area contributed by atoms with E-state index in [1.54, 1.807) is 21.1 Å². The molecule has 3 saturated heterocycles. The Balaban J connectivity index is 1.12. The number of anilines is 2. The number of piperidine rings is 2. The maximum Gasteiger partial charge on any atom is 0.418 e. The van der Waals surface area contributed by atoms with Gasteiger partial charge in [-0.05, 0) is 67.8 Å². The van der Waals surface area contributed by atoms with E-state index >= 15 is 0 Å². The first-order valence-electron chi connectivity index (χ1n) is 16.9. The number of piperazine rings is 1. The van der Waals surface area contributed by atoms with Gasteiger partial charge in [-0.15, -0.1) is 11.3 Å². The Kier molecular flexibility index (Phi) is 10.8. The molecule has 6 rings (SSSR count). The summed E-state index contributed by atoms with van der Waals surface area (Å²) in [5.41, 5.74) is 6.12. The summed E-state index contributed by atoms with van der Waals surface area (Å²) in [5.74, 6) is -0.338. The SMILES string of the molecule is CN1CCN(C2CCN(C(=O)[C@@H](Cc3cc(Cl)c(N)c(C(F)(F)F)c3)NC(=O)N3CCC(N4CCc5cscc5NC4=O)CC3)CC2)CC1. The summed E-state index contributed by atoms with van der Waals surface area (Å²) in [6.07, 6.45) is -1.47. The summed E-state index contributed by atoms with van der Waals surface area (Å²) in [6, 6.07) is 0.815. The number of fused-ring (bicyclic) bond motifs is 1. The van der Waals surface area contributed by atoms with Crippen molar-refractivity contribution in [3.63, 3.8) is 0 Å². The number of hydrogen-bond acceptors (Lipinski definition) is 7. The van der Waals surface area contributed by atoms with Gasteiger partial charge in [0.05, 0.1) is 22.0 Å². The molecule has 268 valence electrons. The van der Waals surface area contributed by atoms with E-state index in [-0.39, 0.29) is 35.0 Å². The number of likely N-dealkylation sites (N-methyl/N-ethyl adjacent to an activating group) is 1. The summed E-state index contributed by atoms with van der Waals surface area (Å²) in [5, 5.41) is 9.56. The monoisotopic (exact) mass is 724 g/mol. The van der Waals surface area contributed by atoms with Crippen molar-refractivity contribution in [1.82, 2.24) is 29.8 Å². The Morgan fingerprint density at radius 2 is 1.63 bits per heavy atom. The van der Waals surface area contributed by atoms with Crippen molar-refractivity contribution in [1.29, 1.82) is 0 Å². The van der Waals surface area contributed by atoms with Crippen LogP contribution in [-0.4, -0.2) is 127 Å². The van der Waals surface area contributed by atoms with E-state index in [1.165, 1.54) is 6.07 Å². The molecule has 5 heterocycles. The standard InChI is InChI=1S/C33H44ClF3N8O3S/c1-41-12-14-42(15-13-41)23-3-7-43(8-4-23)30(46)27(18-21-16-25(33(35,36)37)29(38)26(34)17-21)39-31(47)44-9-5-24(6-10-44)45-11-2-22-19-49-20-28(22)40-32(45)48/h16-17,19-20,23-24,27H,2-15,18,38H2,1H3,(H,39,47)(H,40,48)/t27-/m1/s1. The number of nitrogen functional groups attached to an aromatic ring is 1. The van der Waals surface area contributed by atoms with Gasteiger partial charge < -0.3 is 36.0 Å². The molecular formula is C33H44ClF3N8O3S. The predicted molar refractivity (Wildman–Crippen MR) is 184 cm³/mol. The maximum absolute atomic E-state index is 14.0. The van der Waals surface area contributed by atoms with Crippen LogP contribution in [0.5, 0.6) is 0 Å². The molecule has 16 heteroatoms. The minimum absolute atomic E-state index is 0.0477. The zero-order valence-electron chi connectivity index (χ0n) is 27.6. The molecule has 4 aliphatic rings. The van der Waals surface area contributed by atoms with Crippen LogP contribution >= 0.6 is 22.9 Å². The minimum atomic E-state index is -4.74. The second-order valence-corrected chi connectivity index (χ2v) is 14.7. The molecular weight excluding hydrogens is 681 g/mol. The second kappa shape index (κ2) is 14.9. The molecule has 4 aliphatic heterocycles. The van der Waals surface area contributed by atoms with Crippen LogP contribution < -0.4 is 16.4 Å². The second-order valence-electron chi connectivity index (χ2n) is 13.5. The lowest BCUT2D eigenvalue weighted by atomic mass is 9.98. The van der Waals surface area contributed by atoms with Crippen LogP contribution in [0.1, 0.15) is 42.4 Å². The molecule has 1 atom stereocenters. The number of carbonyl (C=O) groups excluding carboxylic acids is 3. The minimum Gasteiger partial charge on any atom is -0.397 e. The number of alkyl halides is 3. The Morgan fingerprint density at radius 1 is 0.980 bits per heavy atom. The third-order valence-corrected chi connectivity index (χ3v) is 11.5. The van der Waals surface area contributed by atoms with Crippen molar-refractivity contribution >= 4 is 52.3 Å². The van der Waals surface area contributed by atoms with Crippen LogP contribution in [-0.2, 0) is 23.8 Å². The molecule has 0 saturated carbocycles. The van der Waals surface area contributed by atoms with Crippen molar-refractivity contribution < 1.29 is 27.6 Å². The average Bonchev–Trinajstić information content (AvgIpc) is 3.45. The van der Waals surface area contributed by atoms with Gasteiger partial charge in [-0.3, -0.25) is 9.69 Å². The molecule has 11 nitrogen and oxygen atoms in total. The van der Waals surface area contributed by atoms with Crippen LogP contribution in [0.3, 0.4) is 0 Å². The van der Waals surface area contributed by atoms with Gasteiger partial charge in [0.25, 0.3) is 0 Å². The highest BCUT2D eigenvalue weighted by molar-refractivity contribution is 7.08. The third-order valence-electron chi connectivity index (χ3n) is 10.4. The summed E-state index contributed by atoms with van der Waals surface area (Å²) in [6.45, 7) is 6.24. The predicted octanol–water partition coefficient (Wildman–Crippen LogP) is 4.42. The number of thiophene rings is 1. The molecule has 1 aromatic heterocycles. The van der Waals surface area contributed by atoms with Crippen molar-refractivity contribution in [2.45, 2.75) is 62.8 Å². The zero-order valence-corrected chi connectivity index (χ0v) is 29.2. The van der Waals surface area contributed by atoms with Gasteiger partial charge in [0.15, 0.2) is 0 Å². The summed E-state index contributed by atoms with van der Waals surface area (Å²) >= 11 is 7.68.